The zero-order chi connectivity index (χ0) is 18.8. The Bertz CT molecular complexity index is 977. The minimum Gasteiger partial charge on any atom is -0.492 e. The lowest BCUT2D eigenvalue weighted by atomic mass is 10.1. The highest BCUT2D eigenvalue weighted by Crippen LogP contribution is 2.30. The quantitative estimate of drug-likeness (QED) is 0.733. The molecule has 0 saturated carbocycles. The van der Waals surface area contributed by atoms with E-state index in [-0.39, 0.29) is 6.03 Å². The molecule has 0 unspecified atom stereocenters. The molecule has 3 aromatic rings. The highest BCUT2D eigenvalue weighted by Gasteiger charge is 2.22. The molecule has 0 bridgehead atoms. The van der Waals surface area contributed by atoms with Gasteiger partial charge >= 0.3 is 6.03 Å². The molecule has 0 fully saturated rings. The molecule has 27 heavy (non-hydrogen) atoms. The number of urea groups is 1. The number of nitrogens with zero attached hydrogens (tertiary/aromatic N) is 2. The van der Waals surface area contributed by atoms with Gasteiger partial charge in [-0.15, -0.1) is 0 Å². The normalized spacial score (nSPS) is 13.5. The van der Waals surface area contributed by atoms with Crippen LogP contribution in [0.5, 0.6) is 5.75 Å². The van der Waals surface area contributed by atoms with Gasteiger partial charge < -0.3 is 19.5 Å². The summed E-state index contributed by atoms with van der Waals surface area (Å²) in [4.78, 5) is 14.8. The minimum atomic E-state index is -0.0901. The van der Waals surface area contributed by atoms with Gasteiger partial charge in [-0.05, 0) is 49.6 Å². The molecule has 0 atom stereocenters. The van der Waals surface area contributed by atoms with Crippen molar-refractivity contribution in [2.75, 3.05) is 18.5 Å². The largest absolute Gasteiger partial charge is 0.492 e. The lowest BCUT2D eigenvalue weighted by molar-refractivity contribution is 0.210. The van der Waals surface area contributed by atoms with Crippen LogP contribution >= 0.6 is 0 Å². The number of hydrogen-bond acceptors (Lipinski definition) is 2. The number of aryl methyl sites for hydroxylation is 1. The van der Waals surface area contributed by atoms with Crippen molar-refractivity contribution in [1.29, 1.82) is 0 Å². The summed E-state index contributed by atoms with van der Waals surface area (Å²) in [7, 11) is 0. The zero-order valence-electron chi connectivity index (χ0n) is 15.9. The number of carbonyl (C=O) groups is 1. The van der Waals surface area contributed by atoms with Crippen molar-refractivity contribution in [3.63, 3.8) is 0 Å². The lowest BCUT2D eigenvalue weighted by Crippen LogP contribution is -2.35. The van der Waals surface area contributed by atoms with Crippen LogP contribution in [0.25, 0.3) is 10.9 Å². The van der Waals surface area contributed by atoms with E-state index in [0.717, 1.165) is 13.0 Å². The second-order valence-electron chi connectivity index (χ2n) is 6.78. The maximum absolute atomic E-state index is 12.9. The summed E-state index contributed by atoms with van der Waals surface area (Å²) >= 11 is 0. The van der Waals surface area contributed by atoms with Crippen LogP contribution in [0.3, 0.4) is 0 Å². The fourth-order valence-corrected chi connectivity index (χ4v) is 3.86. The van der Waals surface area contributed by atoms with Gasteiger partial charge in [-0.1, -0.05) is 24.3 Å². The Morgan fingerprint density at radius 1 is 1.11 bits per heavy atom. The monoisotopic (exact) mass is 363 g/mol. The van der Waals surface area contributed by atoms with Crippen molar-refractivity contribution >= 4 is 22.6 Å². The first-order chi connectivity index (χ1) is 13.2. The lowest BCUT2D eigenvalue weighted by Gasteiger charge is -2.22. The molecule has 1 aliphatic rings. The number of hydrogen-bond donors (Lipinski definition) is 1. The number of aromatic nitrogens is 1. The maximum atomic E-state index is 12.9. The molecular formula is C22H25N3O2. The summed E-state index contributed by atoms with van der Waals surface area (Å²) in [5, 5.41) is 4.33. The Morgan fingerprint density at radius 3 is 2.78 bits per heavy atom. The van der Waals surface area contributed by atoms with Crippen molar-refractivity contribution in [2.45, 2.75) is 33.4 Å². The van der Waals surface area contributed by atoms with Gasteiger partial charge in [-0.2, -0.15) is 0 Å². The first-order valence-electron chi connectivity index (χ1n) is 9.58. The highest BCUT2D eigenvalue weighted by atomic mass is 16.5. The van der Waals surface area contributed by atoms with Crippen LogP contribution in [0, 0.1) is 0 Å². The standard InChI is InChI=1S/C22H25N3O2/c1-3-24-14-17-12-13-25(15-16-8-7-10-19(24)21(16)17)22(26)23-18-9-5-6-11-20(18)27-4-2/h5-11,14H,3-4,12-13,15H2,1-2H3,(H,23,26). The zero-order valence-corrected chi connectivity index (χ0v) is 15.9. The molecule has 140 valence electrons. The SMILES string of the molecule is CCOc1ccccc1NC(=O)N1CCc2cn(CC)c3cccc(c23)C1. The van der Waals surface area contributed by atoms with Gasteiger partial charge in [0.2, 0.25) is 0 Å². The van der Waals surface area contributed by atoms with Crippen LogP contribution in [-0.4, -0.2) is 28.6 Å². The minimum absolute atomic E-state index is 0.0901. The number of benzene rings is 2. The second-order valence-corrected chi connectivity index (χ2v) is 6.78. The van der Waals surface area contributed by atoms with E-state index in [4.69, 9.17) is 4.74 Å². The number of rotatable bonds is 4. The van der Waals surface area contributed by atoms with Crippen molar-refractivity contribution in [3.05, 3.63) is 59.8 Å². The Labute approximate surface area is 159 Å². The molecule has 1 aromatic heterocycles. The van der Waals surface area contributed by atoms with Crippen molar-refractivity contribution in [1.82, 2.24) is 9.47 Å². The fourth-order valence-electron chi connectivity index (χ4n) is 3.86. The Balaban J connectivity index is 1.59. The molecule has 5 heteroatoms. The number of carbonyl (C=O) groups excluding carboxylic acids is 1. The average Bonchev–Trinajstić information content (AvgIpc) is 2.94. The summed E-state index contributed by atoms with van der Waals surface area (Å²) in [5.41, 5.74) is 4.50. The van der Waals surface area contributed by atoms with E-state index >= 15 is 0 Å². The molecule has 2 heterocycles. The Hall–Kier alpha value is -2.95. The third kappa shape index (κ3) is 3.25. The molecule has 0 saturated heterocycles. The number of amides is 2. The van der Waals surface area contributed by atoms with Crippen LogP contribution in [-0.2, 0) is 19.5 Å². The van der Waals surface area contributed by atoms with Crippen molar-refractivity contribution in [3.8, 4) is 5.75 Å². The number of para-hydroxylation sites is 2. The van der Waals surface area contributed by atoms with Gasteiger partial charge in [0.05, 0.1) is 12.3 Å². The van der Waals surface area contributed by atoms with E-state index in [1.165, 1.54) is 22.0 Å². The Kier molecular flexibility index (Phi) is 4.75. The van der Waals surface area contributed by atoms with E-state index in [9.17, 15) is 4.79 Å². The van der Waals surface area contributed by atoms with Crippen molar-refractivity contribution < 1.29 is 9.53 Å². The smallest absolute Gasteiger partial charge is 0.322 e. The molecule has 4 rings (SSSR count). The Morgan fingerprint density at radius 2 is 1.96 bits per heavy atom. The molecule has 5 nitrogen and oxygen atoms in total. The second kappa shape index (κ2) is 7.35. The van der Waals surface area contributed by atoms with Gasteiger partial charge in [-0.3, -0.25) is 0 Å². The summed E-state index contributed by atoms with van der Waals surface area (Å²) in [6, 6.07) is 13.9. The topological polar surface area (TPSA) is 46.5 Å². The van der Waals surface area contributed by atoms with E-state index in [1.807, 2.05) is 36.1 Å². The van der Waals surface area contributed by atoms with Gasteiger partial charge in [0.1, 0.15) is 5.75 Å². The molecule has 2 amide bonds. The average molecular weight is 363 g/mol. The predicted octanol–water partition coefficient (Wildman–Crippen LogP) is 4.65. The van der Waals surface area contributed by atoms with Gasteiger partial charge in [0, 0.05) is 36.7 Å². The third-order valence-corrected chi connectivity index (χ3v) is 5.14. The molecule has 0 aliphatic carbocycles. The van der Waals surface area contributed by atoms with Crippen LogP contribution in [0.15, 0.2) is 48.7 Å². The van der Waals surface area contributed by atoms with Crippen LogP contribution < -0.4 is 10.1 Å². The van der Waals surface area contributed by atoms with Crippen LogP contribution in [0.4, 0.5) is 10.5 Å². The molecular weight excluding hydrogens is 338 g/mol. The molecule has 0 radical (unpaired) electrons. The fraction of sp³-hybridized carbons (Fsp3) is 0.318. The molecule has 0 spiro atoms. The first-order valence-corrected chi connectivity index (χ1v) is 9.58. The summed E-state index contributed by atoms with van der Waals surface area (Å²) < 4.78 is 7.92. The summed E-state index contributed by atoms with van der Waals surface area (Å²) in [6.45, 7) is 6.93. The number of anilines is 1. The highest BCUT2D eigenvalue weighted by molar-refractivity contribution is 5.92. The van der Waals surface area contributed by atoms with Crippen LogP contribution in [0.2, 0.25) is 0 Å². The molecule has 2 aromatic carbocycles. The summed E-state index contributed by atoms with van der Waals surface area (Å²) in [5.74, 6) is 0.700. The predicted molar refractivity (Wildman–Crippen MR) is 108 cm³/mol. The van der Waals surface area contributed by atoms with Gasteiger partial charge in [0.25, 0.3) is 0 Å². The van der Waals surface area contributed by atoms with Gasteiger partial charge in [-0.25, -0.2) is 4.79 Å². The van der Waals surface area contributed by atoms with Crippen LogP contribution in [0.1, 0.15) is 25.0 Å². The number of nitrogens with one attached hydrogen (secondary N) is 1. The number of ether oxygens (including phenoxy) is 1. The van der Waals surface area contributed by atoms with Crippen molar-refractivity contribution in [2.24, 2.45) is 0 Å². The maximum Gasteiger partial charge on any atom is 0.322 e. The van der Waals surface area contributed by atoms with E-state index in [0.29, 0.717) is 31.1 Å². The van der Waals surface area contributed by atoms with E-state index in [2.05, 4.69) is 41.2 Å². The van der Waals surface area contributed by atoms with E-state index < -0.39 is 0 Å². The van der Waals surface area contributed by atoms with E-state index in [1.54, 1.807) is 0 Å². The summed E-state index contributed by atoms with van der Waals surface area (Å²) in [6.07, 6.45) is 3.10. The first kappa shape index (κ1) is 17.5. The molecule has 1 aliphatic heterocycles. The van der Waals surface area contributed by atoms with Gasteiger partial charge in [0.15, 0.2) is 0 Å². The third-order valence-electron chi connectivity index (χ3n) is 5.14. The molecule has 1 N–H and O–H groups in total.